The van der Waals surface area contributed by atoms with Crippen LogP contribution in [0.5, 0.6) is 0 Å². The van der Waals surface area contributed by atoms with E-state index in [4.69, 9.17) is 0 Å². The number of β-amino-alcohol motifs (C(OH)–C–C–N with tert-alkyl or cyclic N) is 1. The largest absolute Gasteiger partial charge is 0.392 e. The smallest absolute Gasteiger partial charge is 0.228 e. The molecule has 1 aromatic carbocycles. The number of benzene rings is 1. The third kappa shape index (κ3) is 6.47. The SMILES string of the molecule is CN(C(=O)Cc1ccccn1)[C@H](CN1CCC(O)C1)c1ccccc1.Cl.Cl. The van der Waals surface area contributed by atoms with E-state index in [9.17, 15) is 9.90 Å². The maximum Gasteiger partial charge on any atom is 0.228 e. The lowest BCUT2D eigenvalue weighted by molar-refractivity contribution is -0.131. The number of hydrogen-bond donors (Lipinski definition) is 1. The predicted octanol–water partition coefficient (Wildman–Crippen LogP) is 2.73. The fourth-order valence-corrected chi connectivity index (χ4v) is 3.31. The van der Waals surface area contributed by atoms with E-state index in [1.54, 1.807) is 6.20 Å². The molecule has 2 heterocycles. The Morgan fingerprint density at radius 3 is 2.52 bits per heavy atom. The summed E-state index contributed by atoms with van der Waals surface area (Å²) in [6, 6.07) is 15.7. The Balaban J connectivity index is 0.00000182. The Morgan fingerprint density at radius 1 is 1.22 bits per heavy atom. The van der Waals surface area contributed by atoms with Gasteiger partial charge in [-0.2, -0.15) is 0 Å². The van der Waals surface area contributed by atoms with Gasteiger partial charge in [-0.25, -0.2) is 0 Å². The van der Waals surface area contributed by atoms with Gasteiger partial charge in [0.25, 0.3) is 0 Å². The van der Waals surface area contributed by atoms with Crippen LogP contribution in [0.15, 0.2) is 54.7 Å². The van der Waals surface area contributed by atoms with Crippen molar-refractivity contribution in [2.24, 2.45) is 0 Å². The van der Waals surface area contributed by atoms with Crippen LogP contribution in [0.2, 0.25) is 0 Å². The zero-order valence-corrected chi connectivity index (χ0v) is 17.0. The molecule has 0 radical (unpaired) electrons. The first-order valence-electron chi connectivity index (χ1n) is 8.74. The van der Waals surface area contributed by atoms with Crippen LogP contribution in [0.4, 0.5) is 0 Å². The number of aliphatic hydroxyl groups excluding tert-OH is 1. The van der Waals surface area contributed by atoms with Crippen LogP contribution in [0, 0.1) is 0 Å². The fraction of sp³-hybridized carbons (Fsp3) is 0.400. The van der Waals surface area contributed by atoms with E-state index in [1.165, 1.54) is 0 Å². The molecule has 1 unspecified atom stereocenters. The predicted molar refractivity (Wildman–Crippen MR) is 111 cm³/mol. The second kappa shape index (κ2) is 11.2. The average molecular weight is 412 g/mol. The van der Waals surface area contributed by atoms with Crippen LogP contribution in [0.25, 0.3) is 0 Å². The van der Waals surface area contributed by atoms with Gasteiger partial charge < -0.3 is 10.0 Å². The van der Waals surface area contributed by atoms with Crippen molar-refractivity contribution in [3.63, 3.8) is 0 Å². The van der Waals surface area contributed by atoms with Crippen LogP contribution in [0.1, 0.15) is 23.7 Å². The van der Waals surface area contributed by atoms with Crippen LogP contribution in [0.3, 0.4) is 0 Å². The number of likely N-dealkylation sites (tertiary alicyclic amines) is 1. The first kappa shape index (κ1) is 23.4. The normalized spacial score (nSPS) is 17.5. The Hall–Kier alpha value is -1.66. The Kier molecular flexibility index (Phi) is 9.74. The number of aliphatic hydroxyl groups is 1. The summed E-state index contributed by atoms with van der Waals surface area (Å²) < 4.78 is 0. The lowest BCUT2D eigenvalue weighted by Gasteiger charge is -2.32. The summed E-state index contributed by atoms with van der Waals surface area (Å²) in [5.74, 6) is 0.0484. The molecule has 2 aromatic rings. The summed E-state index contributed by atoms with van der Waals surface area (Å²) in [6.45, 7) is 2.27. The van der Waals surface area contributed by atoms with E-state index >= 15 is 0 Å². The Morgan fingerprint density at radius 2 is 1.93 bits per heavy atom. The van der Waals surface area contributed by atoms with Gasteiger partial charge in [0.15, 0.2) is 0 Å². The van der Waals surface area contributed by atoms with Crippen molar-refractivity contribution in [1.82, 2.24) is 14.8 Å². The molecular formula is C20H27Cl2N3O2. The standard InChI is InChI=1S/C20H25N3O2.2ClH/c1-22(20(25)13-17-9-5-6-11-21-17)19(16-7-3-2-4-8-16)15-23-12-10-18(24)14-23;;/h2-9,11,18-19,24H,10,12-15H2,1H3;2*1H/t18?,19-;;/m1../s1. The summed E-state index contributed by atoms with van der Waals surface area (Å²) >= 11 is 0. The number of nitrogens with zero attached hydrogens (tertiary/aromatic N) is 3. The molecule has 1 N–H and O–H groups in total. The number of carbonyl (C=O) groups excluding carboxylic acids is 1. The molecule has 0 spiro atoms. The maximum absolute atomic E-state index is 12.8. The Bertz CT molecular complexity index is 688. The molecule has 1 amide bonds. The number of likely N-dealkylation sites (N-methyl/N-ethyl adjacent to an activating group) is 1. The summed E-state index contributed by atoms with van der Waals surface area (Å²) in [5, 5.41) is 9.80. The monoisotopic (exact) mass is 411 g/mol. The van der Waals surface area contributed by atoms with Gasteiger partial charge in [-0.05, 0) is 24.1 Å². The van der Waals surface area contributed by atoms with Crippen LogP contribution >= 0.6 is 24.8 Å². The van der Waals surface area contributed by atoms with Crippen molar-refractivity contribution in [2.45, 2.75) is 25.0 Å². The molecule has 1 aromatic heterocycles. The van der Waals surface area contributed by atoms with Crippen molar-refractivity contribution in [3.8, 4) is 0 Å². The van der Waals surface area contributed by atoms with E-state index < -0.39 is 0 Å². The molecule has 1 aliphatic heterocycles. The molecule has 0 aliphatic carbocycles. The number of rotatable bonds is 6. The van der Waals surface area contributed by atoms with E-state index in [-0.39, 0.29) is 42.9 Å². The van der Waals surface area contributed by atoms with Gasteiger partial charge in [-0.3, -0.25) is 14.7 Å². The minimum absolute atomic E-state index is 0. The van der Waals surface area contributed by atoms with Crippen molar-refractivity contribution < 1.29 is 9.90 Å². The number of amides is 1. The first-order valence-corrected chi connectivity index (χ1v) is 8.74. The highest BCUT2D eigenvalue weighted by Gasteiger charge is 2.28. The number of hydrogen-bond acceptors (Lipinski definition) is 4. The highest BCUT2D eigenvalue weighted by atomic mass is 35.5. The van der Waals surface area contributed by atoms with Crippen molar-refractivity contribution >= 4 is 30.7 Å². The molecule has 3 rings (SSSR count). The zero-order chi connectivity index (χ0) is 17.6. The molecule has 1 saturated heterocycles. The summed E-state index contributed by atoms with van der Waals surface area (Å²) in [6.07, 6.45) is 2.55. The molecule has 2 atom stereocenters. The van der Waals surface area contributed by atoms with Gasteiger partial charge in [0.05, 0.1) is 18.6 Å². The fourth-order valence-electron chi connectivity index (χ4n) is 3.31. The molecule has 0 saturated carbocycles. The molecule has 1 fully saturated rings. The summed E-state index contributed by atoms with van der Waals surface area (Å²) in [5.41, 5.74) is 1.89. The molecule has 7 heteroatoms. The highest BCUT2D eigenvalue weighted by molar-refractivity contribution is 5.85. The third-order valence-electron chi connectivity index (χ3n) is 4.78. The van der Waals surface area contributed by atoms with E-state index in [0.29, 0.717) is 13.0 Å². The van der Waals surface area contributed by atoms with Gasteiger partial charge >= 0.3 is 0 Å². The van der Waals surface area contributed by atoms with Crippen LogP contribution < -0.4 is 0 Å². The van der Waals surface area contributed by atoms with Gasteiger partial charge in [-0.1, -0.05) is 36.4 Å². The van der Waals surface area contributed by atoms with E-state index in [0.717, 1.165) is 30.8 Å². The lowest BCUT2D eigenvalue weighted by atomic mass is 10.0. The minimum atomic E-state index is -0.258. The average Bonchev–Trinajstić information content (AvgIpc) is 3.05. The number of carbonyl (C=O) groups is 1. The topological polar surface area (TPSA) is 56.7 Å². The maximum atomic E-state index is 12.8. The molecule has 5 nitrogen and oxygen atoms in total. The van der Waals surface area contributed by atoms with Crippen LogP contribution in [-0.2, 0) is 11.2 Å². The quantitative estimate of drug-likeness (QED) is 0.793. The second-order valence-electron chi connectivity index (χ2n) is 6.63. The van der Waals surface area contributed by atoms with E-state index in [2.05, 4.69) is 22.0 Å². The Labute approximate surface area is 173 Å². The van der Waals surface area contributed by atoms with Gasteiger partial charge in [-0.15, -0.1) is 24.8 Å². The van der Waals surface area contributed by atoms with E-state index in [1.807, 2.05) is 48.3 Å². The van der Waals surface area contributed by atoms with Crippen molar-refractivity contribution in [1.29, 1.82) is 0 Å². The number of aromatic nitrogens is 1. The highest BCUT2D eigenvalue weighted by Crippen LogP contribution is 2.23. The molecule has 0 bridgehead atoms. The molecule has 27 heavy (non-hydrogen) atoms. The molecule has 1 aliphatic rings. The third-order valence-corrected chi connectivity index (χ3v) is 4.78. The van der Waals surface area contributed by atoms with Gasteiger partial charge in [0.1, 0.15) is 0 Å². The van der Waals surface area contributed by atoms with Gasteiger partial charge in [0.2, 0.25) is 5.91 Å². The number of halogens is 2. The summed E-state index contributed by atoms with van der Waals surface area (Å²) in [4.78, 5) is 21.1. The number of pyridine rings is 1. The first-order chi connectivity index (χ1) is 12.1. The lowest BCUT2D eigenvalue weighted by Crippen LogP contribution is -2.39. The molecular weight excluding hydrogens is 385 g/mol. The summed E-state index contributed by atoms with van der Waals surface area (Å²) in [7, 11) is 1.86. The minimum Gasteiger partial charge on any atom is -0.392 e. The van der Waals surface area contributed by atoms with Crippen molar-refractivity contribution in [2.75, 3.05) is 26.7 Å². The molecule has 148 valence electrons. The van der Waals surface area contributed by atoms with Crippen molar-refractivity contribution in [3.05, 3.63) is 66.0 Å². The second-order valence-corrected chi connectivity index (χ2v) is 6.63. The van der Waals surface area contributed by atoms with Crippen LogP contribution in [-0.4, -0.2) is 58.6 Å². The van der Waals surface area contributed by atoms with Gasteiger partial charge in [0, 0.05) is 38.6 Å². The zero-order valence-electron chi connectivity index (χ0n) is 15.4.